The number of halogens is 1. The van der Waals surface area contributed by atoms with E-state index in [4.69, 9.17) is 34.6 Å². The van der Waals surface area contributed by atoms with Gasteiger partial charge in [-0.3, -0.25) is 19.0 Å². The smallest absolute Gasteiger partial charge is 0.338 e. The maximum atomic E-state index is 12.2. The molecule has 4 aromatic carbocycles. The second-order valence-corrected chi connectivity index (χ2v) is 18.6. The third-order valence-corrected chi connectivity index (χ3v) is 13.6. The number of carbonyl (C=O) groups is 2. The second kappa shape index (κ2) is 27.2. The molecule has 20 nitrogen and oxygen atoms in total. The van der Waals surface area contributed by atoms with E-state index in [9.17, 15) is 9.59 Å². The number of esters is 1. The Kier molecular flexibility index (Phi) is 19.7. The van der Waals surface area contributed by atoms with E-state index in [0.717, 1.165) is 87.8 Å². The predicted octanol–water partition coefficient (Wildman–Crippen LogP) is 11.5. The average molecular weight is 1200 g/mol. The molecule has 0 bridgehead atoms. The number of nitrogens with one attached hydrogen (secondary N) is 4. The summed E-state index contributed by atoms with van der Waals surface area (Å²) in [6.45, 7) is 9.11. The fraction of sp³-hybridized carbons (Fsp3) is 0.268. The normalized spacial score (nSPS) is 13.8. The first kappa shape index (κ1) is 56.6. The van der Waals surface area contributed by atoms with Crippen LogP contribution in [0.2, 0.25) is 0 Å². The number of rotatable bonds is 15. The van der Waals surface area contributed by atoms with Gasteiger partial charge >= 0.3 is 5.97 Å². The fourth-order valence-corrected chi connectivity index (χ4v) is 8.78. The summed E-state index contributed by atoms with van der Waals surface area (Å²) in [6, 6.07) is 29.5. The molecular formula is C56H57IN15O5V-. The van der Waals surface area contributed by atoms with Crippen molar-refractivity contribution in [3.63, 3.8) is 0 Å². The molecule has 11 rings (SSSR count). The van der Waals surface area contributed by atoms with Gasteiger partial charge in [-0.15, -0.1) is 0 Å². The van der Waals surface area contributed by atoms with Crippen molar-refractivity contribution >= 4 is 90.2 Å². The van der Waals surface area contributed by atoms with E-state index in [2.05, 4.69) is 86.4 Å². The van der Waals surface area contributed by atoms with Gasteiger partial charge in [0.05, 0.1) is 59.3 Å². The molecule has 5 N–H and O–H groups in total. The van der Waals surface area contributed by atoms with Gasteiger partial charge in [-0.1, -0.05) is 81.4 Å². The Hall–Kier alpha value is -7.57. The van der Waals surface area contributed by atoms with E-state index in [1.165, 1.54) is 12.7 Å². The number of ether oxygens (including phenoxy) is 2. The van der Waals surface area contributed by atoms with Crippen molar-refractivity contribution in [3.05, 3.63) is 150 Å². The third-order valence-electron chi connectivity index (χ3n) is 12.7. The van der Waals surface area contributed by atoms with E-state index < -0.39 is 5.91 Å². The van der Waals surface area contributed by atoms with Gasteiger partial charge in [-0.2, -0.15) is 6.42 Å². The standard InChI is InChI=1S/C30H31N7O3.C23H20N8O2.C3H6I.V/c1-3-22(34-28-26-29(32-17-31-28)37(18-33-26)24-11-7-8-16-40-24)27-35-23-10-6-5-9-21(23)25(36-27)19-12-14-20(15-13-19)30(38)39-4-2;1-2-16(28-22-19-21(25-11-24-19)26-12-27-22)20-29-17-6-4-3-5-15(17)18(30-20)13-7-9-14(10-8-13)23(32)31-33;1-2-3-4;/h5-6,9-10,12-15,17-18,22,24H,3-4,7-8,11,16H2,1-2H3,(H,31,32,34);3-12,16,33H,2H2,1H3,(H,31,32)(H2,24,25,26,27,28);3H,2H2,1H3;/q;;-1;/t22-,24?;16-;;/m00../s1. The third kappa shape index (κ3) is 12.9. The minimum Gasteiger partial charge on any atom is -0.462 e. The van der Waals surface area contributed by atoms with Gasteiger partial charge in [0, 0.05) is 52.6 Å². The van der Waals surface area contributed by atoms with Crippen LogP contribution in [0.5, 0.6) is 0 Å². The maximum absolute atomic E-state index is 12.2. The fourth-order valence-electron chi connectivity index (χ4n) is 8.78. The minimum atomic E-state index is -0.569. The van der Waals surface area contributed by atoms with Gasteiger partial charge in [0.2, 0.25) is 0 Å². The Balaban J connectivity index is 0.000000193. The predicted molar refractivity (Wildman–Crippen MR) is 303 cm³/mol. The largest absolute Gasteiger partial charge is 0.462 e. The maximum Gasteiger partial charge on any atom is 0.338 e. The molecule has 399 valence electrons. The van der Waals surface area contributed by atoms with Crippen LogP contribution < -0.4 is 16.1 Å². The zero-order valence-electron chi connectivity index (χ0n) is 43.3. The van der Waals surface area contributed by atoms with Crippen molar-refractivity contribution in [2.45, 2.75) is 84.5 Å². The Morgan fingerprint density at radius 2 is 1.32 bits per heavy atom. The summed E-state index contributed by atoms with van der Waals surface area (Å²) in [4.78, 5) is 73.0. The monoisotopic (exact) mass is 1200 g/mol. The molecule has 1 amide bonds. The van der Waals surface area contributed by atoms with E-state index in [1.54, 1.807) is 67.8 Å². The topological polar surface area (TPSA) is 259 Å². The van der Waals surface area contributed by atoms with Crippen molar-refractivity contribution in [1.29, 1.82) is 0 Å². The van der Waals surface area contributed by atoms with Crippen molar-refractivity contribution in [1.82, 2.24) is 64.9 Å². The summed E-state index contributed by atoms with van der Waals surface area (Å²) < 4.78 is 15.2. The molecule has 1 unspecified atom stereocenters. The molecule has 1 aliphatic rings. The number of carbonyl (C=O) groups excluding carboxylic acids is 2. The second-order valence-electron chi connectivity index (χ2n) is 17.7. The Morgan fingerprint density at radius 1 is 0.744 bits per heavy atom. The molecule has 0 saturated carbocycles. The van der Waals surface area contributed by atoms with Crippen molar-refractivity contribution in [2.75, 3.05) is 23.8 Å². The number of nitrogens with zero attached hydrogens (tertiary/aromatic N) is 11. The summed E-state index contributed by atoms with van der Waals surface area (Å²) in [6.07, 6.45) is 12.1. The number of amides is 1. The summed E-state index contributed by atoms with van der Waals surface area (Å²) in [5, 5.41) is 17.7. The number of H-pyrrole nitrogens is 1. The molecule has 10 aromatic rings. The number of benzene rings is 4. The van der Waals surface area contributed by atoms with E-state index in [-0.39, 0.29) is 42.8 Å². The van der Waals surface area contributed by atoms with Crippen LogP contribution in [0.15, 0.2) is 122 Å². The Bertz CT molecular complexity index is 3610. The molecule has 6 aromatic heterocycles. The molecule has 1 radical (unpaired) electrons. The van der Waals surface area contributed by atoms with Gasteiger partial charge in [0.25, 0.3) is 5.91 Å². The van der Waals surface area contributed by atoms with Gasteiger partial charge < -0.3 is 47.7 Å². The quantitative estimate of drug-likeness (QED) is 0.0210. The summed E-state index contributed by atoms with van der Waals surface area (Å²) >= 11 is 2.23. The van der Waals surface area contributed by atoms with Gasteiger partial charge in [0.15, 0.2) is 40.1 Å². The van der Waals surface area contributed by atoms with Gasteiger partial charge in [-0.25, -0.2) is 60.1 Å². The van der Waals surface area contributed by atoms with Crippen LogP contribution in [0.3, 0.4) is 0 Å². The number of hydroxylamine groups is 1. The van der Waals surface area contributed by atoms with E-state index >= 15 is 0 Å². The molecule has 22 heteroatoms. The zero-order chi connectivity index (χ0) is 53.7. The number of hydrogen-bond donors (Lipinski definition) is 5. The van der Waals surface area contributed by atoms with Crippen molar-refractivity contribution in [2.24, 2.45) is 0 Å². The molecule has 1 fully saturated rings. The summed E-state index contributed by atoms with van der Waals surface area (Å²) in [7, 11) is 0. The molecule has 78 heavy (non-hydrogen) atoms. The van der Waals surface area contributed by atoms with Crippen LogP contribution in [0.1, 0.15) is 117 Å². The van der Waals surface area contributed by atoms with Crippen LogP contribution in [-0.2, 0) is 28.0 Å². The average Bonchev–Trinajstić information content (AvgIpc) is 4.24. The number of anilines is 2. The van der Waals surface area contributed by atoms with Gasteiger partial charge in [0.1, 0.15) is 24.4 Å². The molecule has 0 spiro atoms. The minimum absolute atomic E-state index is 0. The molecule has 1 aliphatic heterocycles. The zero-order valence-corrected chi connectivity index (χ0v) is 46.9. The number of aromatic amines is 1. The number of fused-ring (bicyclic) bond motifs is 4. The molecule has 7 heterocycles. The molecular weight excluding hydrogens is 1140 g/mol. The number of para-hydroxylation sites is 2. The Morgan fingerprint density at radius 3 is 1.88 bits per heavy atom. The number of imidazole rings is 2. The first-order valence-corrected chi connectivity index (χ1v) is 26.7. The van der Waals surface area contributed by atoms with Crippen LogP contribution in [-0.4, -0.2) is 89.7 Å². The van der Waals surface area contributed by atoms with Gasteiger partial charge in [-0.05, 0) is 75.4 Å². The molecule has 0 aliphatic carbocycles. The SMILES string of the molecule is CCOC(=O)c1ccc(-c2nc([C@H](CC)Nc3ncnc4c3ncn4C3CCCCO3)nc3ccccc23)cc1.CC[C@H](Nc1ncnc2nc[nH]c12)c1nc(-c2ccc(C(=O)NO)cc2)c2ccccc2n1.CC[CH-]I.[V]. The van der Waals surface area contributed by atoms with Crippen LogP contribution >= 0.6 is 22.6 Å². The first-order chi connectivity index (χ1) is 37.7. The molecule has 3 atom stereocenters. The molecule has 1 saturated heterocycles. The van der Waals surface area contributed by atoms with Crippen molar-refractivity contribution < 1.29 is 42.8 Å². The van der Waals surface area contributed by atoms with Crippen LogP contribution in [0.25, 0.3) is 66.6 Å². The number of hydrogen-bond acceptors (Lipinski definition) is 17. The summed E-state index contributed by atoms with van der Waals surface area (Å²) in [5.41, 5.74) is 10.1. The number of aromatic nitrogens is 12. The summed E-state index contributed by atoms with van der Waals surface area (Å²) in [5.74, 6) is 1.61. The van der Waals surface area contributed by atoms with E-state index in [0.29, 0.717) is 58.6 Å². The Labute approximate surface area is 475 Å². The first-order valence-electron chi connectivity index (χ1n) is 25.5. The van der Waals surface area contributed by atoms with Crippen LogP contribution in [0, 0.1) is 4.43 Å². The van der Waals surface area contributed by atoms with Crippen molar-refractivity contribution in [3.8, 4) is 22.5 Å². The van der Waals surface area contributed by atoms with E-state index in [1.807, 2.05) is 72.2 Å². The van der Waals surface area contributed by atoms with Crippen LogP contribution in [0.4, 0.5) is 11.6 Å².